The van der Waals surface area contributed by atoms with Crippen LogP contribution in [-0.4, -0.2) is 10.1 Å². The van der Waals surface area contributed by atoms with Gasteiger partial charge < -0.3 is 5.11 Å². The summed E-state index contributed by atoms with van der Waals surface area (Å²) in [4.78, 5) is 5.60. The van der Waals surface area contributed by atoms with Gasteiger partial charge in [0.15, 0.2) is 0 Å². The van der Waals surface area contributed by atoms with E-state index < -0.39 is 0 Å². The Balaban J connectivity index is 2.37. The van der Waals surface area contributed by atoms with Crippen LogP contribution in [0.5, 0.6) is 0 Å². The third-order valence-electron chi connectivity index (χ3n) is 2.27. The van der Waals surface area contributed by atoms with Crippen LogP contribution in [-0.2, 0) is 12.8 Å². The average Bonchev–Trinajstić information content (AvgIpc) is 2.49. The number of nitrogens with zero attached hydrogens (tertiary/aromatic N) is 1. The van der Waals surface area contributed by atoms with E-state index in [0.717, 1.165) is 36.3 Å². The van der Waals surface area contributed by atoms with Gasteiger partial charge in [0.1, 0.15) is 0 Å². The molecule has 0 aliphatic heterocycles. The summed E-state index contributed by atoms with van der Waals surface area (Å²) in [6, 6.07) is 0. The Morgan fingerprint density at radius 2 is 2.50 bits per heavy atom. The first-order chi connectivity index (χ1) is 5.81. The molecule has 66 valence electrons. The summed E-state index contributed by atoms with van der Waals surface area (Å²) in [5.41, 5.74) is 1.15. The number of hydrogen-bond acceptors (Lipinski definition) is 3. The molecule has 1 aromatic rings. The molecule has 1 aliphatic carbocycles. The molecule has 0 aromatic carbocycles. The average molecular weight is 183 g/mol. The van der Waals surface area contributed by atoms with E-state index in [1.54, 1.807) is 11.3 Å². The van der Waals surface area contributed by atoms with E-state index in [-0.39, 0.29) is 6.10 Å². The van der Waals surface area contributed by atoms with Crippen molar-refractivity contribution in [1.82, 2.24) is 4.98 Å². The Labute approximate surface area is 76.3 Å². The van der Waals surface area contributed by atoms with Crippen LogP contribution < -0.4 is 0 Å². The second-order valence-electron chi connectivity index (χ2n) is 3.18. The van der Waals surface area contributed by atoms with E-state index in [1.165, 1.54) is 5.01 Å². The lowest BCUT2D eigenvalue weighted by Gasteiger charge is -2.14. The van der Waals surface area contributed by atoms with E-state index in [9.17, 15) is 5.11 Å². The molecule has 0 radical (unpaired) electrons. The summed E-state index contributed by atoms with van der Waals surface area (Å²) in [5.74, 6) is 0. The number of fused-ring (bicyclic) bond motifs is 1. The van der Waals surface area contributed by atoms with Crippen LogP contribution in [0.3, 0.4) is 0 Å². The maximum absolute atomic E-state index is 9.64. The molecule has 0 fully saturated rings. The fourth-order valence-electron chi connectivity index (χ4n) is 1.60. The smallest absolute Gasteiger partial charge is 0.0929 e. The SMILES string of the molecule is CCc1nc2c(s1)[C@@H](O)CCC2. The summed E-state index contributed by atoms with van der Waals surface area (Å²) in [5, 5.41) is 10.8. The fourth-order valence-corrected chi connectivity index (χ4v) is 2.67. The van der Waals surface area contributed by atoms with E-state index in [4.69, 9.17) is 0 Å². The standard InChI is InChI=1S/C9H13NOS/c1-2-8-10-6-4-3-5-7(11)9(6)12-8/h7,11H,2-5H2,1H3/t7-/m0/s1. The molecule has 3 heteroatoms. The van der Waals surface area contributed by atoms with E-state index in [0.29, 0.717) is 0 Å². The first-order valence-corrected chi connectivity index (χ1v) is 5.29. The van der Waals surface area contributed by atoms with Crippen LogP contribution >= 0.6 is 11.3 Å². The fraction of sp³-hybridized carbons (Fsp3) is 0.667. The highest BCUT2D eigenvalue weighted by molar-refractivity contribution is 7.11. The second kappa shape index (κ2) is 3.15. The van der Waals surface area contributed by atoms with Crippen molar-refractivity contribution in [3.8, 4) is 0 Å². The minimum atomic E-state index is -0.230. The Hall–Kier alpha value is -0.410. The number of aliphatic hydroxyl groups is 1. The van der Waals surface area contributed by atoms with Gasteiger partial charge in [0.25, 0.3) is 0 Å². The van der Waals surface area contributed by atoms with Gasteiger partial charge in [0.05, 0.1) is 21.7 Å². The van der Waals surface area contributed by atoms with Crippen LogP contribution in [0.2, 0.25) is 0 Å². The molecule has 0 amide bonds. The van der Waals surface area contributed by atoms with Crippen molar-refractivity contribution < 1.29 is 5.11 Å². The molecule has 2 nitrogen and oxygen atoms in total. The quantitative estimate of drug-likeness (QED) is 0.723. The normalized spacial score (nSPS) is 22.3. The predicted molar refractivity (Wildman–Crippen MR) is 49.4 cm³/mol. The molecule has 1 aromatic heterocycles. The molecule has 0 unspecified atom stereocenters. The first-order valence-electron chi connectivity index (χ1n) is 4.47. The van der Waals surface area contributed by atoms with Gasteiger partial charge >= 0.3 is 0 Å². The van der Waals surface area contributed by atoms with E-state index >= 15 is 0 Å². The van der Waals surface area contributed by atoms with Gasteiger partial charge in [-0.1, -0.05) is 6.92 Å². The Morgan fingerprint density at radius 1 is 1.67 bits per heavy atom. The van der Waals surface area contributed by atoms with Crippen molar-refractivity contribution in [1.29, 1.82) is 0 Å². The lowest BCUT2D eigenvalue weighted by Crippen LogP contribution is -2.06. The van der Waals surface area contributed by atoms with Crippen molar-refractivity contribution >= 4 is 11.3 Å². The minimum Gasteiger partial charge on any atom is -0.388 e. The molecule has 12 heavy (non-hydrogen) atoms. The molecule has 0 saturated carbocycles. The Bertz CT molecular complexity index is 282. The molecular formula is C9H13NOS. The van der Waals surface area contributed by atoms with Gasteiger partial charge in [-0.2, -0.15) is 0 Å². The molecule has 1 aliphatic rings. The van der Waals surface area contributed by atoms with Gasteiger partial charge in [-0.3, -0.25) is 0 Å². The molecule has 1 atom stereocenters. The number of hydrogen-bond donors (Lipinski definition) is 1. The maximum Gasteiger partial charge on any atom is 0.0929 e. The number of aryl methyl sites for hydroxylation is 2. The zero-order valence-corrected chi connectivity index (χ0v) is 8.02. The summed E-state index contributed by atoms with van der Waals surface area (Å²) < 4.78 is 0. The van der Waals surface area contributed by atoms with Crippen LogP contribution in [0.25, 0.3) is 0 Å². The molecule has 2 rings (SSSR count). The third-order valence-corrected chi connectivity index (χ3v) is 3.61. The van der Waals surface area contributed by atoms with Gasteiger partial charge in [-0.25, -0.2) is 4.98 Å². The predicted octanol–water partition coefficient (Wildman–Crippen LogP) is 2.08. The van der Waals surface area contributed by atoms with Crippen LogP contribution in [0.1, 0.15) is 41.4 Å². The zero-order chi connectivity index (χ0) is 8.55. The maximum atomic E-state index is 9.64. The van der Waals surface area contributed by atoms with Crippen LogP contribution in [0.4, 0.5) is 0 Å². The first kappa shape index (κ1) is 8.20. The lowest BCUT2D eigenvalue weighted by molar-refractivity contribution is 0.160. The van der Waals surface area contributed by atoms with Gasteiger partial charge in [0.2, 0.25) is 0 Å². The lowest BCUT2D eigenvalue weighted by atomic mass is 10.0. The third kappa shape index (κ3) is 1.27. The van der Waals surface area contributed by atoms with Crippen molar-refractivity contribution in [2.24, 2.45) is 0 Å². The van der Waals surface area contributed by atoms with Crippen LogP contribution in [0.15, 0.2) is 0 Å². The zero-order valence-electron chi connectivity index (χ0n) is 7.21. The molecule has 1 heterocycles. The molecule has 0 bridgehead atoms. The number of rotatable bonds is 1. The number of aromatic nitrogens is 1. The molecule has 1 N–H and O–H groups in total. The van der Waals surface area contributed by atoms with Crippen molar-refractivity contribution in [2.75, 3.05) is 0 Å². The highest BCUT2D eigenvalue weighted by Crippen LogP contribution is 2.33. The van der Waals surface area contributed by atoms with Crippen molar-refractivity contribution in [3.63, 3.8) is 0 Å². The van der Waals surface area contributed by atoms with Crippen molar-refractivity contribution in [3.05, 3.63) is 15.6 Å². The topological polar surface area (TPSA) is 33.1 Å². The Kier molecular flexibility index (Phi) is 2.15. The molecule has 0 saturated heterocycles. The summed E-state index contributed by atoms with van der Waals surface area (Å²) in [7, 11) is 0. The van der Waals surface area contributed by atoms with Gasteiger partial charge in [0, 0.05) is 0 Å². The number of aliphatic hydroxyl groups excluding tert-OH is 1. The second-order valence-corrected chi connectivity index (χ2v) is 4.30. The van der Waals surface area contributed by atoms with Crippen molar-refractivity contribution in [2.45, 2.75) is 38.7 Å². The summed E-state index contributed by atoms with van der Waals surface area (Å²) in [6.07, 6.45) is 3.82. The van der Waals surface area contributed by atoms with Gasteiger partial charge in [-0.15, -0.1) is 11.3 Å². The monoisotopic (exact) mass is 183 g/mol. The largest absolute Gasteiger partial charge is 0.388 e. The molecular weight excluding hydrogens is 170 g/mol. The van der Waals surface area contributed by atoms with Crippen LogP contribution in [0, 0.1) is 0 Å². The highest BCUT2D eigenvalue weighted by atomic mass is 32.1. The summed E-state index contributed by atoms with van der Waals surface area (Å²) in [6.45, 7) is 2.11. The van der Waals surface area contributed by atoms with E-state index in [2.05, 4.69) is 11.9 Å². The van der Waals surface area contributed by atoms with E-state index in [1.807, 2.05) is 0 Å². The Morgan fingerprint density at radius 3 is 3.17 bits per heavy atom. The summed E-state index contributed by atoms with van der Waals surface area (Å²) >= 11 is 1.68. The minimum absolute atomic E-state index is 0.230. The number of thiazole rings is 1. The molecule has 0 spiro atoms. The van der Waals surface area contributed by atoms with Gasteiger partial charge in [-0.05, 0) is 25.7 Å². The highest BCUT2D eigenvalue weighted by Gasteiger charge is 2.21.